The van der Waals surface area contributed by atoms with Crippen LogP contribution < -0.4 is 5.32 Å². The molecule has 1 aromatic carbocycles. The van der Waals surface area contributed by atoms with Gasteiger partial charge >= 0.3 is 12.7 Å². The van der Waals surface area contributed by atoms with Gasteiger partial charge < -0.3 is 25.0 Å². The van der Waals surface area contributed by atoms with Crippen molar-refractivity contribution in [1.82, 2.24) is 20.2 Å². The molecule has 0 saturated carbocycles. The number of alkyl halides is 2. The number of nitrogens with one attached hydrogen (secondary N) is 2. The maximum Gasteiger partial charge on any atom is 0.405 e. The van der Waals surface area contributed by atoms with Gasteiger partial charge in [-0.2, -0.15) is 8.78 Å². The molecule has 1 aromatic heterocycles. The highest BCUT2D eigenvalue weighted by Gasteiger charge is 2.47. The van der Waals surface area contributed by atoms with Crippen molar-refractivity contribution in [1.29, 1.82) is 0 Å². The van der Waals surface area contributed by atoms with E-state index in [0.717, 1.165) is 15.7 Å². The summed E-state index contributed by atoms with van der Waals surface area (Å²) in [7, 11) is 0. The SMILES string of the molecule is CC(C)C(C)(NC(=O)O)C(=O)N1CC(COC(F)F)CC1c1ncc(-c2ccc(Br)cc2)[nH]1. The third-order valence-corrected chi connectivity index (χ3v) is 6.67. The Bertz CT molecular complexity index is 985. The molecule has 3 unspecified atom stereocenters. The lowest BCUT2D eigenvalue weighted by Crippen LogP contribution is -2.60. The van der Waals surface area contributed by atoms with E-state index in [1.807, 2.05) is 24.3 Å². The molecule has 180 valence electrons. The van der Waals surface area contributed by atoms with Crippen molar-refractivity contribution in [3.05, 3.63) is 40.8 Å². The third-order valence-electron chi connectivity index (χ3n) is 6.14. The number of carbonyl (C=O) groups excluding carboxylic acids is 1. The number of benzene rings is 1. The average molecular weight is 529 g/mol. The molecule has 0 spiro atoms. The molecule has 1 fully saturated rings. The Morgan fingerprint density at radius 1 is 1.36 bits per heavy atom. The van der Waals surface area contributed by atoms with Gasteiger partial charge in [0.1, 0.15) is 11.4 Å². The molecule has 1 aliphatic rings. The van der Waals surface area contributed by atoms with Gasteiger partial charge in [0.05, 0.1) is 24.5 Å². The summed E-state index contributed by atoms with van der Waals surface area (Å²) in [4.78, 5) is 34.2. The van der Waals surface area contributed by atoms with E-state index in [1.165, 1.54) is 11.8 Å². The first-order valence-electron chi connectivity index (χ1n) is 10.5. The quantitative estimate of drug-likeness (QED) is 0.462. The Kier molecular flexibility index (Phi) is 7.73. The predicted molar refractivity (Wildman–Crippen MR) is 121 cm³/mol. The molecule has 8 nitrogen and oxygen atoms in total. The van der Waals surface area contributed by atoms with Crippen LogP contribution in [0.4, 0.5) is 13.6 Å². The number of rotatable bonds is 8. The Balaban J connectivity index is 1.92. The van der Waals surface area contributed by atoms with Crippen molar-refractivity contribution in [2.24, 2.45) is 11.8 Å². The smallest absolute Gasteiger partial charge is 0.405 e. The number of nitrogens with zero attached hydrogens (tertiary/aromatic N) is 2. The molecular formula is C22H27BrF2N4O4. The van der Waals surface area contributed by atoms with Gasteiger partial charge in [-0.1, -0.05) is 41.9 Å². The fourth-order valence-corrected chi connectivity index (χ4v) is 4.25. The molecule has 1 aliphatic heterocycles. The van der Waals surface area contributed by atoms with E-state index in [2.05, 4.69) is 36.0 Å². The summed E-state index contributed by atoms with van der Waals surface area (Å²) in [6, 6.07) is 7.06. The molecule has 1 saturated heterocycles. The van der Waals surface area contributed by atoms with Gasteiger partial charge in [0.2, 0.25) is 5.91 Å². The lowest BCUT2D eigenvalue weighted by Gasteiger charge is -2.37. The molecule has 2 heterocycles. The summed E-state index contributed by atoms with van der Waals surface area (Å²) in [6.07, 6.45) is 0.692. The minimum Gasteiger partial charge on any atom is -0.465 e. The normalized spacial score (nSPS) is 20.3. The maximum absolute atomic E-state index is 13.6. The predicted octanol–water partition coefficient (Wildman–Crippen LogP) is 4.65. The lowest BCUT2D eigenvalue weighted by molar-refractivity contribution is -0.142. The molecular weight excluding hydrogens is 502 g/mol. The minimum absolute atomic E-state index is 0.147. The summed E-state index contributed by atoms with van der Waals surface area (Å²) in [6.45, 7) is 2.04. The zero-order chi connectivity index (χ0) is 24.3. The zero-order valence-electron chi connectivity index (χ0n) is 18.5. The standard InChI is InChI=1S/C22H27BrF2N4O4/c1-12(2)22(3,28-21(31)32)19(30)29-10-13(11-33-20(24)25)8-17(29)18-26-9-16(27-18)14-4-6-15(23)7-5-14/h4-7,9,12-13,17,20,28H,8,10-11H2,1-3H3,(H,26,27)(H,31,32). The van der Waals surface area contributed by atoms with Gasteiger partial charge in [-0.05, 0) is 37.0 Å². The Morgan fingerprint density at radius 3 is 2.61 bits per heavy atom. The summed E-state index contributed by atoms with van der Waals surface area (Å²) in [5.74, 6) is -0.642. The Hall–Kier alpha value is -2.53. The number of likely N-dealkylation sites (tertiary alicyclic amines) is 1. The van der Waals surface area contributed by atoms with Gasteiger partial charge in [0.15, 0.2) is 0 Å². The average Bonchev–Trinajstić information content (AvgIpc) is 3.38. The topological polar surface area (TPSA) is 108 Å². The molecule has 0 bridgehead atoms. The number of ether oxygens (including phenoxy) is 1. The molecule has 0 radical (unpaired) electrons. The van der Waals surface area contributed by atoms with Crippen LogP contribution in [0, 0.1) is 11.8 Å². The van der Waals surface area contributed by atoms with E-state index in [-0.39, 0.29) is 25.0 Å². The number of carbonyl (C=O) groups is 2. The summed E-state index contributed by atoms with van der Waals surface area (Å²) in [5.41, 5.74) is 0.237. The molecule has 2 aromatic rings. The van der Waals surface area contributed by atoms with Crippen molar-refractivity contribution >= 4 is 27.9 Å². The number of hydrogen-bond donors (Lipinski definition) is 3. The maximum atomic E-state index is 13.6. The molecule has 33 heavy (non-hydrogen) atoms. The van der Waals surface area contributed by atoms with Crippen molar-refractivity contribution in [2.75, 3.05) is 13.2 Å². The highest BCUT2D eigenvalue weighted by Crippen LogP contribution is 2.38. The van der Waals surface area contributed by atoms with Crippen LogP contribution in [0.2, 0.25) is 0 Å². The van der Waals surface area contributed by atoms with Crippen LogP contribution in [0.1, 0.15) is 39.1 Å². The molecule has 11 heteroatoms. The van der Waals surface area contributed by atoms with Crippen LogP contribution in [0.5, 0.6) is 0 Å². The second-order valence-electron chi connectivity index (χ2n) is 8.65. The number of amides is 2. The zero-order valence-corrected chi connectivity index (χ0v) is 20.1. The van der Waals surface area contributed by atoms with Crippen molar-refractivity contribution in [3.63, 3.8) is 0 Å². The summed E-state index contributed by atoms with van der Waals surface area (Å²) in [5, 5.41) is 11.7. The first-order valence-corrected chi connectivity index (χ1v) is 11.3. The number of aromatic amines is 1. The van der Waals surface area contributed by atoms with Crippen LogP contribution in [0.15, 0.2) is 34.9 Å². The highest BCUT2D eigenvalue weighted by molar-refractivity contribution is 9.10. The van der Waals surface area contributed by atoms with Gasteiger partial charge in [-0.15, -0.1) is 0 Å². The Labute approximate surface area is 198 Å². The van der Waals surface area contributed by atoms with Gasteiger partial charge in [0, 0.05) is 16.9 Å². The number of halogens is 3. The van der Waals surface area contributed by atoms with E-state index in [0.29, 0.717) is 12.2 Å². The largest absolute Gasteiger partial charge is 0.465 e. The van der Waals surface area contributed by atoms with Crippen molar-refractivity contribution < 1.29 is 28.2 Å². The van der Waals surface area contributed by atoms with Crippen LogP contribution in [-0.4, -0.2) is 57.3 Å². The molecule has 3 rings (SSSR count). The molecule has 3 N–H and O–H groups in total. The van der Waals surface area contributed by atoms with Crippen LogP contribution in [0.3, 0.4) is 0 Å². The molecule has 2 amide bonds. The van der Waals surface area contributed by atoms with E-state index in [1.54, 1.807) is 20.0 Å². The van der Waals surface area contributed by atoms with E-state index in [4.69, 9.17) is 0 Å². The van der Waals surface area contributed by atoms with E-state index < -0.39 is 30.2 Å². The van der Waals surface area contributed by atoms with Crippen LogP contribution in [-0.2, 0) is 9.53 Å². The van der Waals surface area contributed by atoms with Gasteiger partial charge in [-0.3, -0.25) is 4.79 Å². The highest BCUT2D eigenvalue weighted by atomic mass is 79.9. The van der Waals surface area contributed by atoms with E-state index >= 15 is 0 Å². The number of H-pyrrole nitrogens is 1. The Morgan fingerprint density at radius 2 is 2.03 bits per heavy atom. The molecule has 0 aliphatic carbocycles. The van der Waals surface area contributed by atoms with Crippen LogP contribution in [0.25, 0.3) is 11.3 Å². The molecule has 3 atom stereocenters. The first-order chi connectivity index (χ1) is 15.5. The second kappa shape index (κ2) is 10.2. The number of imidazole rings is 1. The summed E-state index contributed by atoms with van der Waals surface area (Å²) >= 11 is 3.40. The van der Waals surface area contributed by atoms with Crippen molar-refractivity contribution in [3.8, 4) is 11.3 Å². The first kappa shape index (κ1) is 25.1. The number of aromatic nitrogens is 2. The second-order valence-corrected chi connectivity index (χ2v) is 9.56. The van der Waals surface area contributed by atoms with Crippen LogP contribution >= 0.6 is 15.9 Å². The third kappa shape index (κ3) is 5.70. The lowest BCUT2D eigenvalue weighted by atomic mass is 9.86. The number of carboxylic acid groups (broad SMARTS) is 1. The van der Waals surface area contributed by atoms with Gasteiger partial charge in [-0.25, -0.2) is 9.78 Å². The fourth-order valence-electron chi connectivity index (χ4n) is 3.98. The monoisotopic (exact) mass is 528 g/mol. The van der Waals surface area contributed by atoms with E-state index in [9.17, 15) is 23.5 Å². The summed E-state index contributed by atoms with van der Waals surface area (Å²) < 4.78 is 30.7. The van der Waals surface area contributed by atoms with Crippen molar-refractivity contribution in [2.45, 2.75) is 45.4 Å². The number of hydrogen-bond acceptors (Lipinski definition) is 4. The fraction of sp³-hybridized carbons (Fsp3) is 0.500. The van der Waals surface area contributed by atoms with Gasteiger partial charge in [0.25, 0.3) is 0 Å². The minimum atomic E-state index is -2.91.